The molecule has 0 heterocycles. The Hall–Kier alpha value is -3.19. The van der Waals surface area contributed by atoms with Crippen molar-refractivity contribution in [3.05, 3.63) is 70.2 Å². The maximum atomic E-state index is 13.5. The number of alkyl halides is 3. The van der Waals surface area contributed by atoms with Gasteiger partial charge in [-0.1, -0.05) is 29.3 Å². The number of halogens is 5. The van der Waals surface area contributed by atoms with Crippen LogP contribution in [0.5, 0.6) is 11.5 Å². The third-order valence-electron chi connectivity index (χ3n) is 5.22. The summed E-state index contributed by atoms with van der Waals surface area (Å²) in [7, 11) is -1.41. The van der Waals surface area contributed by atoms with Gasteiger partial charge < -0.3 is 24.8 Å². The zero-order valence-corrected chi connectivity index (χ0v) is 22.9. The fourth-order valence-corrected chi connectivity index (χ4v) is 5.81. The smallest absolute Gasteiger partial charge is 0.416 e. The number of hydrogen-bond acceptors (Lipinski definition) is 7. The summed E-state index contributed by atoms with van der Waals surface area (Å²) in [5, 5.41) is 4.44. The summed E-state index contributed by atoms with van der Waals surface area (Å²) in [4.78, 5) is 11.9. The zero-order valence-electron chi connectivity index (χ0n) is 20.6. The molecule has 3 rings (SSSR count). The lowest BCUT2D eigenvalue weighted by Crippen LogP contribution is -2.22. The van der Waals surface area contributed by atoms with Crippen molar-refractivity contribution in [2.75, 3.05) is 44.6 Å². The lowest BCUT2D eigenvalue weighted by Gasteiger charge is -2.18. The monoisotopic (exact) mass is 606 g/mol. The van der Waals surface area contributed by atoms with Gasteiger partial charge in [0.05, 0.1) is 41.4 Å². The number of carbonyl (C=O) groups excluding carboxylic acids is 1. The summed E-state index contributed by atoms with van der Waals surface area (Å²) in [5.74, 6) is -0.343. The lowest BCUT2D eigenvalue weighted by atomic mass is 10.2. The van der Waals surface area contributed by atoms with Crippen molar-refractivity contribution in [1.29, 1.82) is 0 Å². The van der Waals surface area contributed by atoms with E-state index in [9.17, 15) is 26.4 Å². The standard InChI is InChI=1S/C25H23Cl2F3N2O6S/c1-36-10-11-38-20-13-19(31-14-21(33)32-16-5-3-4-15(12-16)25(28,29)30)22(26)24(23(20)27)39(34,35)18-8-6-17(37-2)7-9-18/h3-9,12-13,31H,10-11,14H2,1-2H3,(H,32,33). The molecule has 8 nitrogen and oxygen atoms in total. The van der Waals surface area contributed by atoms with Crippen LogP contribution in [0.4, 0.5) is 24.5 Å². The van der Waals surface area contributed by atoms with E-state index in [4.69, 9.17) is 37.4 Å². The molecule has 0 unspecified atom stereocenters. The molecule has 210 valence electrons. The molecular weight excluding hydrogens is 584 g/mol. The van der Waals surface area contributed by atoms with E-state index in [0.717, 1.165) is 18.2 Å². The van der Waals surface area contributed by atoms with Crippen molar-refractivity contribution >= 4 is 50.3 Å². The summed E-state index contributed by atoms with van der Waals surface area (Å²) in [5.41, 5.74) is -1.02. The number of anilines is 2. The molecule has 0 aromatic heterocycles. The molecule has 2 N–H and O–H groups in total. The summed E-state index contributed by atoms with van der Waals surface area (Å²) in [6.07, 6.45) is -4.58. The average molecular weight is 607 g/mol. The molecule has 0 aliphatic heterocycles. The first kappa shape index (κ1) is 30.4. The molecule has 0 radical (unpaired) electrons. The highest BCUT2D eigenvalue weighted by atomic mass is 35.5. The SMILES string of the molecule is COCCOc1cc(NCC(=O)Nc2cccc(C(F)(F)F)c2)c(Cl)c(S(=O)(=O)c2ccc(OC)cc2)c1Cl. The second-order valence-corrected chi connectivity index (χ2v) is 10.5. The van der Waals surface area contributed by atoms with Crippen LogP contribution in [0.1, 0.15) is 5.56 Å². The van der Waals surface area contributed by atoms with E-state index in [2.05, 4.69) is 10.6 Å². The van der Waals surface area contributed by atoms with Crippen LogP contribution >= 0.6 is 23.2 Å². The molecule has 0 saturated carbocycles. The van der Waals surface area contributed by atoms with E-state index in [1.165, 1.54) is 50.6 Å². The molecule has 0 aliphatic carbocycles. The number of sulfone groups is 1. The lowest BCUT2D eigenvalue weighted by molar-refractivity contribution is -0.137. The number of ether oxygens (including phenoxy) is 3. The first-order valence-corrected chi connectivity index (χ1v) is 13.4. The van der Waals surface area contributed by atoms with Crippen LogP contribution in [0, 0.1) is 0 Å². The van der Waals surface area contributed by atoms with Gasteiger partial charge in [0.1, 0.15) is 28.0 Å². The van der Waals surface area contributed by atoms with Gasteiger partial charge in [-0.25, -0.2) is 8.42 Å². The van der Waals surface area contributed by atoms with Crippen LogP contribution in [-0.2, 0) is 25.5 Å². The van der Waals surface area contributed by atoms with Crippen LogP contribution in [0.15, 0.2) is 64.4 Å². The number of rotatable bonds is 11. The van der Waals surface area contributed by atoms with E-state index in [1.54, 1.807) is 0 Å². The molecule has 0 saturated heterocycles. The van der Waals surface area contributed by atoms with E-state index in [-0.39, 0.29) is 45.3 Å². The number of carbonyl (C=O) groups is 1. The number of methoxy groups -OCH3 is 2. The predicted molar refractivity (Wildman–Crippen MR) is 141 cm³/mol. The fraction of sp³-hybridized carbons (Fsp3) is 0.240. The highest BCUT2D eigenvalue weighted by Crippen LogP contribution is 2.44. The molecule has 1 amide bonds. The van der Waals surface area contributed by atoms with Crippen LogP contribution in [0.3, 0.4) is 0 Å². The van der Waals surface area contributed by atoms with Crippen molar-refractivity contribution in [2.45, 2.75) is 16.0 Å². The van der Waals surface area contributed by atoms with Crippen LogP contribution in [0.2, 0.25) is 10.0 Å². The average Bonchev–Trinajstić information content (AvgIpc) is 2.89. The van der Waals surface area contributed by atoms with Crippen molar-refractivity contribution in [3.8, 4) is 11.5 Å². The van der Waals surface area contributed by atoms with Crippen LogP contribution in [-0.4, -0.2) is 48.3 Å². The Labute approximate surface area is 232 Å². The van der Waals surface area contributed by atoms with Crippen molar-refractivity contribution in [2.24, 2.45) is 0 Å². The summed E-state index contributed by atoms with van der Waals surface area (Å²) < 4.78 is 81.5. The zero-order chi connectivity index (χ0) is 28.8. The van der Waals surface area contributed by atoms with Crippen molar-refractivity contribution < 1.29 is 40.6 Å². The van der Waals surface area contributed by atoms with Crippen LogP contribution in [0.25, 0.3) is 0 Å². The van der Waals surface area contributed by atoms with Gasteiger partial charge in [0.2, 0.25) is 15.7 Å². The van der Waals surface area contributed by atoms with E-state index in [1.807, 2.05) is 0 Å². The summed E-state index contributed by atoms with van der Waals surface area (Å²) >= 11 is 12.9. The van der Waals surface area contributed by atoms with Gasteiger partial charge in [-0.05, 0) is 42.5 Å². The van der Waals surface area contributed by atoms with E-state index >= 15 is 0 Å². The maximum absolute atomic E-state index is 13.5. The highest BCUT2D eigenvalue weighted by Gasteiger charge is 2.31. The molecule has 0 aliphatic rings. The minimum atomic E-state index is -4.58. The van der Waals surface area contributed by atoms with Gasteiger partial charge in [-0.3, -0.25) is 4.79 Å². The van der Waals surface area contributed by atoms with E-state index < -0.39 is 38.9 Å². The Morgan fingerprint density at radius 3 is 2.28 bits per heavy atom. The summed E-state index contributed by atoms with van der Waals surface area (Å²) in [6.45, 7) is -0.284. The Morgan fingerprint density at radius 2 is 1.67 bits per heavy atom. The molecule has 0 fully saturated rings. The molecule has 3 aromatic carbocycles. The Balaban J connectivity index is 1.92. The third-order valence-corrected chi connectivity index (χ3v) is 8.05. The first-order chi connectivity index (χ1) is 18.4. The van der Waals surface area contributed by atoms with Gasteiger partial charge in [0, 0.05) is 18.9 Å². The largest absolute Gasteiger partial charge is 0.497 e. The van der Waals surface area contributed by atoms with E-state index in [0.29, 0.717) is 5.75 Å². The van der Waals surface area contributed by atoms with Crippen molar-refractivity contribution in [1.82, 2.24) is 0 Å². The molecule has 14 heteroatoms. The van der Waals surface area contributed by atoms with Gasteiger partial charge in [-0.15, -0.1) is 0 Å². The minimum Gasteiger partial charge on any atom is -0.497 e. The summed E-state index contributed by atoms with van der Waals surface area (Å²) in [6, 6.07) is 10.9. The van der Waals surface area contributed by atoms with Gasteiger partial charge in [0.25, 0.3) is 0 Å². The van der Waals surface area contributed by atoms with Gasteiger partial charge >= 0.3 is 6.18 Å². The number of amides is 1. The van der Waals surface area contributed by atoms with Crippen molar-refractivity contribution in [3.63, 3.8) is 0 Å². The highest BCUT2D eigenvalue weighted by molar-refractivity contribution is 7.91. The Morgan fingerprint density at radius 1 is 0.974 bits per heavy atom. The quantitative estimate of drug-likeness (QED) is 0.261. The normalized spacial score (nSPS) is 11.7. The first-order valence-electron chi connectivity index (χ1n) is 11.1. The fourth-order valence-electron chi connectivity index (χ4n) is 3.32. The molecule has 0 bridgehead atoms. The minimum absolute atomic E-state index is 0.0141. The molecule has 39 heavy (non-hydrogen) atoms. The Bertz CT molecular complexity index is 1430. The Kier molecular flexibility index (Phi) is 9.94. The van der Waals surface area contributed by atoms with Gasteiger partial charge in [0.15, 0.2) is 0 Å². The number of benzene rings is 3. The maximum Gasteiger partial charge on any atom is 0.416 e. The molecule has 3 aromatic rings. The van der Waals surface area contributed by atoms with Crippen LogP contribution < -0.4 is 20.1 Å². The molecule has 0 spiro atoms. The number of hydrogen-bond donors (Lipinski definition) is 2. The second-order valence-electron chi connectivity index (χ2n) is 7.88. The number of nitrogens with one attached hydrogen (secondary N) is 2. The van der Waals surface area contributed by atoms with Gasteiger partial charge in [-0.2, -0.15) is 13.2 Å². The molecule has 0 atom stereocenters. The topological polar surface area (TPSA) is 103 Å². The predicted octanol–water partition coefficient (Wildman–Crippen LogP) is 5.93. The molecular formula is C25H23Cl2F3N2O6S. The second kappa shape index (κ2) is 12.8. The third kappa shape index (κ3) is 7.47.